The van der Waals surface area contributed by atoms with Gasteiger partial charge in [0.25, 0.3) is 0 Å². The summed E-state index contributed by atoms with van der Waals surface area (Å²) in [6, 6.07) is 0.505. The first-order chi connectivity index (χ1) is 8.72. The second kappa shape index (κ2) is 4.55. The summed E-state index contributed by atoms with van der Waals surface area (Å²) in [5.41, 5.74) is 1.63. The second-order valence-corrected chi connectivity index (χ2v) is 5.58. The summed E-state index contributed by atoms with van der Waals surface area (Å²) in [6.07, 6.45) is 6.99. The largest absolute Gasteiger partial charge is 0.365 e. The highest BCUT2D eigenvalue weighted by molar-refractivity contribution is 5.82. The van der Waals surface area contributed by atoms with Crippen LogP contribution < -0.4 is 5.32 Å². The summed E-state index contributed by atoms with van der Waals surface area (Å²) in [5, 5.41) is 3.55. The number of aromatic nitrogens is 4. The van der Waals surface area contributed by atoms with E-state index in [1.165, 1.54) is 19.3 Å². The Hall–Kier alpha value is -1.65. The Morgan fingerprint density at radius 1 is 1.11 bits per heavy atom. The van der Waals surface area contributed by atoms with Gasteiger partial charge < -0.3 is 10.3 Å². The van der Waals surface area contributed by atoms with Crippen LogP contribution in [0.5, 0.6) is 0 Å². The number of rotatable bonds is 2. The summed E-state index contributed by atoms with van der Waals surface area (Å²) < 4.78 is 0. The van der Waals surface area contributed by atoms with Crippen LogP contribution in [-0.4, -0.2) is 26.0 Å². The van der Waals surface area contributed by atoms with Crippen LogP contribution in [0.2, 0.25) is 0 Å². The molecule has 2 aromatic heterocycles. The highest BCUT2D eigenvalue weighted by Crippen LogP contribution is 2.30. The van der Waals surface area contributed by atoms with Crippen LogP contribution in [0.15, 0.2) is 12.7 Å². The standard InChI is InChI=1S/C13H19N5/c1-8-3-9(2)5-10(4-8)18-13-11-12(15-6-14-11)16-7-17-13/h6-10H,3-5H2,1-2H3,(H2,14,15,16,17,18). The first-order valence-corrected chi connectivity index (χ1v) is 6.63. The van der Waals surface area contributed by atoms with Gasteiger partial charge in [0.1, 0.15) is 11.8 Å². The predicted molar refractivity (Wildman–Crippen MR) is 71.3 cm³/mol. The highest BCUT2D eigenvalue weighted by Gasteiger charge is 2.24. The first kappa shape index (κ1) is 11.4. The van der Waals surface area contributed by atoms with E-state index >= 15 is 0 Å². The molecule has 2 unspecified atom stereocenters. The Kier molecular flexibility index (Phi) is 2.89. The summed E-state index contributed by atoms with van der Waals surface area (Å²) in [7, 11) is 0. The van der Waals surface area contributed by atoms with Crippen LogP contribution in [0.1, 0.15) is 33.1 Å². The lowest BCUT2D eigenvalue weighted by Crippen LogP contribution is -2.30. The molecule has 5 heteroatoms. The van der Waals surface area contributed by atoms with Gasteiger partial charge in [-0.05, 0) is 31.1 Å². The number of nitrogens with zero attached hydrogens (tertiary/aromatic N) is 3. The van der Waals surface area contributed by atoms with Crippen LogP contribution in [0, 0.1) is 11.8 Å². The average Bonchev–Trinajstić information content (AvgIpc) is 2.76. The van der Waals surface area contributed by atoms with Crippen molar-refractivity contribution in [3.63, 3.8) is 0 Å². The van der Waals surface area contributed by atoms with Gasteiger partial charge >= 0.3 is 0 Å². The van der Waals surface area contributed by atoms with E-state index in [4.69, 9.17) is 0 Å². The van der Waals surface area contributed by atoms with Crippen molar-refractivity contribution in [2.45, 2.75) is 39.2 Å². The third-order valence-corrected chi connectivity index (χ3v) is 3.74. The molecule has 18 heavy (non-hydrogen) atoms. The molecular weight excluding hydrogens is 226 g/mol. The van der Waals surface area contributed by atoms with Gasteiger partial charge in [0, 0.05) is 6.04 Å². The van der Waals surface area contributed by atoms with Crippen molar-refractivity contribution in [2.75, 3.05) is 5.32 Å². The van der Waals surface area contributed by atoms with E-state index in [0.717, 1.165) is 28.8 Å². The van der Waals surface area contributed by atoms with E-state index in [1.54, 1.807) is 12.7 Å². The topological polar surface area (TPSA) is 66.5 Å². The molecule has 0 radical (unpaired) electrons. The molecule has 1 saturated carbocycles. The molecule has 0 saturated heterocycles. The molecule has 0 amide bonds. The first-order valence-electron chi connectivity index (χ1n) is 6.63. The van der Waals surface area contributed by atoms with Crippen molar-refractivity contribution in [1.82, 2.24) is 19.9 Å². The molecule has 2 heterocycles. The Morgan fingerprint density at radius 2 is 1.89 bits per heavy atom. The van der Waals surface area contributed by atoms with Crippen LogP contribution in [0.3, 0.4) is 0 Å². The van der Waals surface area contributed by atoms with Crippen molar-refractivity contribution >= 4 is 17.0 Å². The fourth-order valence-corrected chi connectivity index (χ4v) is 3.13. The number of fused-ring (bicyclic) bond motifs is 1. The minimum Gasteiger partial charge on any atom is -0.365 e. The Labute approximate surface area is 106 Å². The van der Waals surface area contributed by atoms with Gasteiger partial charge in [-0.15, -0.1) is 0 Å². The van der Waals surface area contributed by atoms with E-state index in [1.807, 2.05) is 0 Å². The monoisotopic (exact) mass is 245 g/mol. The van der Waals surface area contributed by atoms with Crippen molar-refractivity contribution in [3.05, 3.63) is 12.7 Å². The minimum atomic E-state index is 0.505. The van der Waals surface area contributed by atoms with Crippen molar-refractivity contribution in [1.29, 1.82) is 0 Å². The van der Waals surface area contributed by atoms with E-state index in [9.17, 15) is 0 Å². The van der Waals surface area contributed by atoms with Gasteiger partial charge in [-0.2, -0.15) is 0 Å². The van der Waals surface area contributed by atoms with Crippen molar-refractivity contribution < 1.29 is 0 Å². The maximum Gasteiger partial charge on any atom is 0.182 e. The molecule has 2 aromatic rings. The smallest absolute Gasteiger partial charge is 0.182 e. The van der Waals surface area contributed by atoms with Gasteiger partial charge in [-0.1, -0.05) is 13.8 Å². The minimum absolute atomic E-state index is 0.505. The fraction of sp³-hybridized carbons (Fsp3) is 0.615. The fourth-order valence-electron chi connectivity index (χ4n) is 3.13. The molecule has 0 aromatic carbocycles. The summed E-state index contributed by atoms with van der Waals surface area (Å²) >= 11 is 0. The molecule has 1 fully saturated rings. The Bertz CT molecular complexity index is 525. The molecule has 5 nitrogen and oxygen atoms in total. The maximum absolute atomic E-state index is 4.33. The molecule has 1 aliphatic carbocycles. The molecule has 1 aliphatic rings. The van der Waals surface area contributed by atoms with Gasteiger partial charge in [0.2, 0.25) is 0 Å². The summed E-state index contributed by atoms with van der Waals surface area (Å²) in [6.45, 7) is 4.66. The molecule has 0 spiro atoms. The van der Waals surface area contributed by atoms with Gasteiger partial charge in [0.15, 0.2) is 11.5 Å². The van der Waals surface area contributed by atoms with E-state index in [-0.39, 0.29) is 0 Å². The van der Waals surface area contributed by atoms with E-state index < -0.39 is 0 Å². The second-order valence-electron chi connectivity index (χ2n) is 5.58. The molecule has 2 N–H and O–H groups in total. The van der Waals surface area contributed by atoms with E-state index in [2.05, 4.69) is 39.1 Å². The number of aromatic amines is 1. The zero-order valence-corrected chi connectivity index (χ0v) is 10.8. The van der Waals surface area contributed by atoms with E-state index in [0.29, 0.717) is 6.04 Å². The van der Waals surface area contributed by atoms with Crippen LogP contribution in [0.4, 0.5) is 5.82 Å². The quantitative estimate of drug-likeness (QED) is 0.853. The number of hydrogen-bond acceptors (Lipinski definition) is 4. The van der Waals surface area contributed by atoms with Crippen LogP contribution in [0.25, 0.3) is 11.2 Å². The molecule has 0 aliphatic heterocycles. The third kappa shape index (κ3) is 2.17. The number of imidazole rings is 1. The highest BCUT2D eigenvalue weighted by atomic mass is 15.1. The Morgan fingerprint density at radius 3 is 2.67 bits per heavy atom. The lowest BCUT2D eigenvalue weighted by molar-refractivity contribution is 0.280. The third-order valence-electron chi connectivity index (χ3n) is 3.74. The predicted octanol–water partition coefficient (Wildman–Crippen LogP) is 2.59. The molecular formula is C13H19N5. The zero-order chi connectivity index (χ0) is 12.5. The summed E-state index contributed by atoms with van der Waals surface area (Å²) in [4.78, 5) is 15.7. The normalized spacial score (nSPS) is 28.4. The van der Waals surface area contributed by atoms with Crippen molar-refractivity contribution in [2.24, 2.45) is 11.8 Å². The number of nitrogens with one attached hydrogen (secondary N) is 2. The molecule has 2 atom stereocenters. The number of H-pyrrole nitrogens is 1. The SMILES string of the molecule is CC1CC(C)CC(Nc2ncnc3nc[nH]c23)C1. The van der Waals surface area contributed by atoms with Gasteiger partial charge in [-0.25, -0.2) is 15.0 Å². The molecule has 3 rings (SSSR count). The number of anilines is 1. The number of hydrogen-bond donors (Lipinski definition) is 2. The lowest BCUT2D eigenvalue weighted by Gasteiger charge is -2.32. The Balaban J connectivity index is 1.81. The zero-order valence-electron chi connectivity index (χ0n) is 10.8. The maximum atomic E-state index is 4.33. The van der Waals surface area contributed by atoms with Crippen molar-refractivity contribution in [3.8, 4) is 0 Å². The van der Waals surface area contributed by atoms with Gasteiger partial charge in [-0.3, -0.25) is 0 Å². The average molecular weight is 245 g/mol. The molecule has 0 bridgehead atoms. The molecule has 96 valence electrons. The lowest BCUT2D eigenvalue weighted by atomic mass is 9.80. The van der Waals surface area contributed by atoms with Crippen LogP contribution in [-0.2, 0) is 0 Å². The van der Waals surface area contributed by atoms with Gasteiger partial charge in [0.05, 0.1) is 6.33 Å². The summed E-state index contributed by atoms with van der Waals surface area (Å²) in [5.74, 6) is 2.44. The van der Waals surface area contributed by atoms with Crippen LogP contribution >= 0.6 is 0 Å².